The lowest BCUT2D eigenvalue weighted by atomic mass is 10.3. The van der Waals surface area contributed by atoms with E-state index < -0.39 is 18.0 Å². The van der Waals surface area contributed by atoms with Gasteiger partial charge in [-0.05, 0) is 31.2 Å². The number of hydrogen-bond acceptors (Lipinski definition) is 5. The molecule has 2 rings (SSSR count). The molecular weight excluding hydrogens is 260 g/mol. The van der Waals surface area contributed by atoms with Crippen LogP contribution in [0.5, 0.6) is 0 Å². The number of benzene rings is 1. The fourth-order valence-electron chi connectivity index (χ4n) is 1.52. The summed E-state index contributed by atoms with van der Waals surface area (Å²) in [5.74, 6) is -1.42. The first kappa shape index (κ1) is 13.6. The molecule has 1 unspecified atom stereocenters. The fourth-order valence-corrected chi connectivity index (χ4v) is 1.52. The van der Waals surface area contributed by atoms with Crippen molar-refractivity contribution < 1.29 is 14.3 Å². The fraction of sp³-hybridized carbons (Fsp3) is 0.154. The molecule has 7 heteroatoms. The lowest BCUT2D eigenvalue weighted by molar-refractivity contribution is -0.125. The molecule has 7 nitrogen and oxygen atoms in total. The Kier molecular flexibility index (Phi) is 3.69. The van der Waals surface area contributed by atoms with E-state index >= 15 is 0 Å². The second-order valence-corrected chi connectivity index (χ2v) is 4.19. The number of hydrogen-bond donors (Lipinski definition) is 2. The molecule has 2 aromatic rings. The summed E-state index contributed by atoms with van der Waals surface area (Å²) in [6.45, 7) is 1.40. The molecule has 0 aliphatic heterocycles. The number of nitrogens with two attached hydrogens (primary N) is 2. The topological polar surface area (TPSA) is 113 Å². The second kappa shape index (κ2) is 5.43. The quantitative estimate of drug-likeness (QED) is 0.622. The van der Waals surface area contributed by atoms with Gasteiger partial charge in [-0.2, -0.15) is 5.10 Å². The van der Waals surface area contributed by atoms with Crippen molar-refractivity contribution in [2.45, 2.75) is 13.0 Å². The van der Waals surface area contributed by atoms with Gasteiger partial charge in [0.05, 0.1) is 5.69 Å². The summed E-state index contributed by atoms with van der Waals surface area (Å²) in [6, 6.07) is 8.52. The number of nitrogen functional groups attached to an aromatic ring is 1. The summed E-state index contributed by atoms with van der Waals surface area (Å²) in [7, 11) is 0. The average Bonchev–Trinajstić information content (AvgIpc) is 2.88. The molecule has 0 fully saturated rings. The first-order chi connectivity index (χ1) is 9.47. The van der Waals surface area contributed by atoms with Crippen molar-refractivity contribution in [3.63, 3.8) is 0 Å². The Hall–Kier alpha value is -2.83. The summed E-state index contributed by atoms with van der Waals surface area (Å²) in [6.07, 6.45) is 0.598. The Labute approximate surface area is 115 Å². The molecule has 1 amide bonds. The lowest BCUT2D eigenvalue weighted by Gasteiger charge is -2.07. The molecule has 0 radical (unpaired) electrons. The van der Waals surface area contributed by atoms with Crippen molar-refractivity contribution in [2.75, 3.05) is 5.73 Å². The van der Waals surface area contributed by atoms with Crippen LogP contribution < -0.4 is 11.5 Å². The van der Waals surface area contributed by atoms with Gasteiger partial charge in [0, 0.05) is 11.9 Å². The second-order valence-electron chi connectivity index (χ2n) is 4.19. The number of esters is 1. The van der Waals surface area contributed by atoms with E-state index in [0.717, 1.165) is 0 Å². The van der Waals surface area contributed by atoms with E-state index in [9.17, 15) is 9.59 Å². The van der Waals surface area contributed by atoms with E-state index in [0.29, 0.717) is 11.4 Å². The maximum absolute atomic E-state index is 11.7. The molecule has 0 saturated heterocycles. The van der Waals surface area contributed by atoms with Gasteiger partial charge in [-0.25, -0.2) is 9.48 Å². The summed E-state index contributed by atoms with van der Waals surface area (Å²) in [5, 5.41) is 4.07. The van der Waals surface area contributed by atoms with E-state index in [2.05, 4.69) is 5.10 Å². The molecule has 0 spiro atoms. The van der Waals surface area contributed by atoms with E-state index in [4.69, 9.17) is 16.2 Å². The Bertz CT molecular complexity index is 651. The van der Waals surface area contributed by atoms with Crippen LogP contribution in [0.2, 0.25) is 0 Å². The van der Waals surface area contributed by atoms with Crippen LogP contribution in [0.1, 0.15) is 17.4 Å². The molecule has 1 aromatic carbocycles. The van der Waals surface area contributed by atoms with Gasteiger partial charge in [0.15, 0.2) is 11.8 Å². The van der Waals surface area contributed by atoms with Gasteiger partial charge < -0.3 is 16.2 Å². The highest BCUT2D eigenvalue weighted by Crippen LogP contribution is 2.12. The zero-order valence-electron chi connectivity index (χ0n) is 10.8. The summed E-state index contributed by atoms with van der Waals surface area (Å²) in [4.78, 5) is 22.6. The molecule has 0 aliphatic carbocycles. The van der Waals surface area contributed by atoms with Gasteiger partial charge in [-0.1, -0.05) is 6.07 Å². The Morgan fingerprint density at radius 2 is 2.10 bits per heavy atom. The number of anilines is 1. The van der Waals surface area contributed by atoms with E-state index in [-0.39, 0.29) is 5.69 Å². The molecular formula is C13H14N4O3. The van der Waals surface area contributed by atoms with E-state index in [1.807, 2.05) is 0 Å². The van der Waals surface area contributed by atoms with Crippen molar-refractivity contribution in [2.24, 2.45) is 5.73 Å². The minimum Gasteiger partial charge on any atom is -0.448 e. The lowest BCUT2D eigenvalue weighted by Crippen LogP contribution is -2.30. The third-order valence-corrected chi connectivity index (χ3v) is 2.62. The predicted octanol–water partition coefficient (Wildman–Crippen LogP) is 0.485. The molecule has 4 N–H and O–H groups in total. The molecule has 20 heavy (non-hydrogen) atoms. The molecule has 0 saturated carbocycles. The van der Waals surface area contributed by atoms with Crippen LogP contribution in [0.4, 0.5) is 5.69 Å². The van der Waals surface area contributed by atoms with Crippen LogP contribution in [0, 0.1) is 0 Å². The molecule has 1 atom stereocenters. The van der Waals surface area contributed by atoms with Gasteiger partial charge in [0.25, 0.3) is 5.91 Å². The van der Waals surface area contributed by atoms with Crippen molar-refractivity contribution in [1.29, 1.82) is 0 Å². The number of amides is 1. The highest BCUT2D eigenvalue weighted by atomic mass is 16.5. The van der Waals surface area contributed by atoms with Crippen LogP contribution in [0.25, 0.3) is 5.69 Å². The number of nitrogens with zero attached hydrogens (tertiary/aromatic N) is 2. The first-order valence-corrected chi connectivity index (χ1v) is 5.89. The van der Waals surface area contributed by atoms with E-state index in [1.54, 1.807) is 30.5 Å². The molecule has 0 bridgehead atoms. The minimum absolute atomic E-state index is 0.0838. The van der Waals surface area contributed by atoms with Gasteiger partial charge in [-0.3, -0.25) is 4.79 Å². The maximum atomic E-state index is 11.7. The smallest absolute Gasteiger partial charge is 0.359 e. The van der Waals surface area contributed by atoms with Crippen molar-refractivity contribution in [3.05, 3.63) is 42.2 Å². The van der Waals surface area contributed by atoms with Crippen LogP contribution in [-0.4, -0.2) is 27.8 Å². The number of ether oxygens (including phenoxy) is 1. The SMILES string of the molecule is CC(OC(=O)c1ccn(-c2cccc(N)c2)n1)C(N)=O. The van der Waals surface area contributed by atoms with Gasteiger partial charge in [0.2, 0.25) is 0 Å². The monoisotopic (exact) mass is 274 g/mol. The number of primary amides is 1. The predicted molar refractivity (Wildman–Crippen MR) is 72.0 cm³/mol. The zero-order valence-corrected chi connectivity index (χ0v) is 10.8. The van der Waals surface area contributed by atoms with Crippen molar-refractivity contribution >= 4 is 17.6 Å². The molecule has 104 valence electrons. The maximum Gasteiger partial charge on any atom is 0.359 e. The normalized spacial score (nSPS) is 11.8. The Morgan fingerprint density at radius 1 is 1.35 bits per heavy atom. The van der Waals surface area contributed by atoms with Crippen molar-refractivity contribution in [3.8, 4) is 5.69 Å². The van der Waals surface area contributed by atoms with Crippen LogP contribution in [0.3, 0.4) is 0 Å². The standard InChI is InChI=1S/C13H14N4O3/c1-8(12(15)18)20-13(19)11-5-6-17(16-11)10-4-2-3-9(14)7-10/h2-8H,14H2,1H3,(H2,15,18). The van der Waals surface area contributed by atoms with Gasteiger partial charge in [-0.15, -0.1) is 0 Å². The van der Waals surface area contributed by atoms with Crippen LogP contribution in [0.15, 0.2) is 36.5 Å². The summed E-state index contributed by atoms with van der Waals surface area (Å²) < 4.78 is 6.34. The summed E-state index contributed by atoms with van der Waals surface area (Å²) in [5.41, 5.74) is 12.1. The minimum atomic E-state index is -1.000. The molecule has 0 aliphatic rings. The van der Waals surface area contributed by atoms with Gasteiger partial charge in [0.1, 0.15) is 0 Å². The number of carbonyl (C=O) groups is 2. The number of carbonyl (C=O) groups excluding carboxylic acids is 2. The first-order valence-electron chi connectivity index (χ1n) is 5.89. The Balaban J connectivity index is 2.17. The van der Waals surface area contributed by atoms with E-state index in [1.165, 1.54) is 17.7 Å². The van der Waals surface area contributed by atoms with Crippen LogP contribution >= 0.6 is 0 Å². The average molecular weight is 274 g/mol. The van der Waals surface area contributed by atoms with Crippen LogP contribution in [-0.2, 0) is 9.53 Å². The van der Waals surface area contributed by atoms with Gasteiger partial charge >= 0.3 is 5.97 Å². The third-order valence-electron chi connectivity index (χ3n) is 2.62. The number of aromatic nitrogens is 2. The summed E-state index contributed by atoms with van der Waals surface area (Å²) >= 11 is 0. The third kappa shape index (κ3) is 2.94. The molecule has 1 aromatic heterocycles. The molecule has 1 heterocycles. The zero-order chi connectivity index (χ0) is 14.7. The Morgan fingerprint density at radius 3 is 2.75 bits per heavy atom. The number of rotatable bonds is 4. The largest absolute Gasteiger partial charge is 0.448 e. The highest BCUT2D eigenvalue weighted by molar-refractivity contribution is 5.90. The highest BCUT2D eigenvalue weighted by Gasteiger charge is 2.18. The van der Waals surface area contributed by atoms with Crippen molar-refractivity contribution in [1.82, 2.24) is 9.78 Å².